The Bertz CT molecular complexity index is 256. The maximum absolute atomic E-state index is 6.00. The van der Waals surface area contributed by atoms with Crippen LogP contribution in [0.1, 0.15) is 31.0 Å². The van der Waals surface area contributed by atoms with Crippen LogP contribution in [0.4, 0.5) is 0 Å². The fraction of sp³-hybridized carbons (Fsp3) is 0.500. The van der Waals surface area contributed by atoms with Crippen molar-refractivity contribution in [2.24, 2.45) is 11.7 Å². The molecular formula is C10H16N2. The molecule has 0 spiro atoms. The van der Waals surface area contributed by atoms with Crippen LogP contribution in [0.25, 0.3) is 0 Å². The van der Waals surface area contributed by atoms with Gasteiger partial charge >= 0.3 is 0 Å². The lowest BCUT2D eigenvalue weighted by atomic mass is 9.95. The Morgan fingerprint density at radius 1 is 1.42 bits per heavy atom. The van der Waals surface area contributed by atoms with Crippen LogP contribution in [0.15, 0.2) is 18.5 Å². The number of aryl methyl sites for hydroxylation is 1. The predicted octanol–water partition coefficient (Wildman–Crippen LogP) is 2.05. The molecule has 0 fully saturated rings. The van der Waals surface area contributed by atoms with E-state index in [1.54, 1.807) is 6.20 Å². The van der Waals surface area contributed by atoms with E-state index in [1.165, 1.54) is 5.56 Å². The number of nitrogens with zero attached hydrogens (tertiary/aromatic N) is 1. The number of aromatic nitrogens is 1. The van der Waals surface area contributed by atoms with Crippen molar-refractivity contribution < 1.29 is 0 Å². The molecule has 2 heteroatoms. The molecule has 2 nitrogen and oxygen atoms in total. The minimum absolute atomic E-state index is 0.110. The van der Waals surface area contributed by atoms with Gasteiger partial charge in [0.15, 0.2) is 0 Å². The van der Waals surface area contributed by atoms with Gasteiger partial charge in [-0.2, -0.15) is 0 Å². The summed E-state index contributed by atoms with van der Waals surface area (Å²) in [6, 6.07) is 2.11. The Balaban J connectivity index is 2.94. The van der Waals surface area contributed by atoms with E-state index < -0.39 is 0 Å². The van der Waals surface area contributed by atoms with Gasteiger partial charge in [-0.05, 0) is 30.0 Å². The van der Waals surface area contributed by atoms with Crippen molar-refractivity contribution in [1.29, 1.82) is 0 Å². The molecule has 0 saturated heterocycles. The lowest BCUT2D eigenvalue weighted by Crippen LogP contribution is -2.17. The number of rotatable bonds is 2. The molecule has 0 radical (unpaired) electrons. The van der Waals surface area contributed by atoms with E-state index in [2.05, 4.69) is 25.8 Å². The van der Waals surface area contributed by atoms with Crippen LogP contribution in [0.5, 0.6) is 0 Å². The molecule has 0 saturated carbocycles. The van der Waals surface area contributed by atoms with Crippen molar-refractivity contribution in [3.8, 4) is 0 Å². The monoisotopic (exact) mass is 164 g/mol. The summed E-state index contributed by atoms with van der Waals surface area (Å²) >= 11 is 0. The largest absolute Gasteiger partial charge is 0.324 e. The maximum Gasteiger partial charge on any atom is 0.0336 e. The third-order valence-corrected chi connectivity index (χ3v) is 2.16. The number of hydrogen-bond donors (Lipinski definition) is 1. The summed E-state index contributed by atoms with van der Waals surface area (Å²) in [5.41, 5.74) is 8.39. The predicted molar refractivity (Wildman–Crippen MR) is 50.7 cm³/mol. The maximum atomic E-state index is 6.00. The first-order chi connectivity index (χ1) is 5.63. The second-order valence-corrected chi connectivity index (χ2v) is 3.50. The van der Waals surface area contributed by atoms with Gasteiger partial charge in [0.25, 0.3) is 0 Å². The minimum Gasteiger partial charge on any atom is -0.324 e. The summed E-state index contributed by atoms with van der Waals surface area (Å²) in [7, 11) is 0. The molecule has 1 aromatic heterocycles. The summed E-state index contributed by atoms with van der Waals surface area (Å²) in [5.74, 6) is 0.466. The Morgan fingerprint density at radius 3 is 2.58 bits per heavy atom. The average Bonchev–Trinajstić information content (AvgIpc) is 2.04. The zero-order chi connectivity index (χ0) is 9.14. The Morgan fingerprint density at radius 2 is 2.08 bits per heavy atom. The van der Waals surface area contributed by atoms with Gasteiger partial charge in [-0.3, -0.25) is 4.98 Å². The zero-order valence-electron chi connectivity index (χ0n) is 7.91. The second kappa shape index (κ2) is 3.68. The van der Waals surface area contributed by atoms with Crippen LogP contribution in [0.3, 0.4) is 0 Å². The molecule has 66 valence electrons. The lowest BCUT2D eigenvalue weighted by Gasteiger charge is -2.17. The molecule has 0 aromatic carbocycles. The molecule has 0 bridgehead atoms. The molecule has 0 aliphatic rings. The minimum atomic E-state index is 0.110. The van der Waals surface area contributed by atoms with Crippen molar-refractivity contribution in [1.82, 2.24) is 4.98 Å². The molecule has 0 amide bonds. The third kappa shape index (κ3) is 1.83. The van der Waals surface area contributed by atoms with E-state index in [-0.39, 0.29) is 6.04 Å². The van der Waals surface area contributed by atoms with E-state index >= 15 is 0 Å². The molecule has 12 heavy (non-hydrogen) atoms. The van der Waals surface area contributed by atoms with Crippen LogP contribution in [0, 0.1) is 12.8 Å². The van der Waals surface area contributed by atoms with E-state index in [4.69, 9.17) is 5.73 Å². The first kappa shape index (κ1) is 9.20. The van der Waals surface area contributed by atoms with E-state index in [0.29, 0.717) is 5.92 Å². The number of pyridine rings is 1. The SMILES string of the molecule is Cc1ccncc1C(N)C(C)C. The Kier molecular flexibility index (Phi) is 2.82. The first-order valence-corrected chi connectivity index (χ1v) is 4.29. The molecule has 1 rings (SSSR count). The summed E-state index contributed by atoms with van der Waals surface area (Å²) in [5, 5.41) is 0. The van der Waals surface area contributed by atoms with Crippen LogP contribution in [0.2, 0.25) is 0 Å². The fourth-order valence-corrected chi connectivity index (χ4v) is 1.18. The topological polar surface area (TPSA) is 38.9 Å². The molecule has 1 atom stereocenters. The summed E-state index contributed by atoms with van der Waals surface area (Å²) in [4.78, 5) is 4.07. The normalized spacial score (nSPS) is 13.4. The number of hydrogen-bond acceptors (Lipinski definition) is 2. The molecule has 1 unspecified atom stereocenters. The van der Waals surface area contributed by atoms with E-state index in [9.17, 15) is 0 Å². The van der Waals surface area contributed by atoms with Crippen LogP contribution in [-0.2, 0) is 0 Å². The van der Waals surface area contributed by atoms with E-state index in [0.717, 1.165) is 5.56 Å². The zero-order valence-corrected chi connectivity index (χ0v) is 7.91. The van der Waals surface area contributed by atoms with Gasteiger partial charge in [-0.1, -0.05) is 13.8 Å². The Hall–Kier alpha value is -0.890. The second-order valence-electron chi connectivity index (χ2n) is 3.50. The lowest BCUT2D eigenvalue weighted by molar-refractivity contribution is 0.511. The summed E-state index contributed by atoms with van der Waals surface area (Å²) in [6.45, 7) is 6.31. The molecule has 2 N–H and O–H groups in total. The Labute approximate surface area is 73.8 Å². The molecular weight excluding hydrogens is 148 g/mol. The first-order valence-electron chi connectivity index (χ1n) is 4.29. The highest BCUT2D eigenvalue weighted by molar-refractivity contribution is 5.24. The van der Waals surface area contributed by atoms with Gasteiger partial charge in [0.1, 0.15) is 0 Å². The average molecular weight is 164 g/mol. The van der Waals surface area contributed by atoms with Crippen LogP contribution < -0.4 is 5.73 Å². The van der Waals surface area contributed by atoms with Gasteiger partial charge in [-0.25, -0.2) is 0 Å². The fourth-order valence-electron chi connectivity index (χ4n) is 1.18. The van der Waals surface area contributed by atoms with Gasteiger partial charge < -0.3 is 5.73 Å². The van der Waals surface area contributed by atoms with Crippen molar-refractivity contribution in [2.45, 2.75) is 26.8 Å². The quantitative estimate of drug-likeness (QED) is 0.726. The summed E-state index contributed by atoms with van der Waals surface area (Å²) in [6.07, 6.45) is 3.66. The molecule has 0 aliphatic carbocycles. The number of nitrogens with two attached hydrogens (primary N) is 1. The third-order valence-electron chi connectivity index (χ3n) is 2.16. The molecule has 1 heterocycles. The molecule has 0 aliphatic heterocycles. The smallest absolute Gasteiger partial charge is 0.0336 e. The standard InChI is InChI=1S/C10H16N2/c1-7(2)10(11)9-6-12-5-4-8(9)3/h4-7,10H,11H2,1-3H3. The van der Waals surface area contributed by atoms with Crippen molar-refractivity contribution in [3.05, 3.63) is 29.6 Å². The van der Waals surface area contributed by atoms with Gasteiger partial charge in [0.05, 0.1) is 0 Å². The highest BCUT2D eigenvalue weighted by atomic mass is 14.7. The van der Waals surface area contributed by atoms with Crippen LogP contribution >= 0.6 is 0 Å². The van der Waals surface area contributed by atoms with Crippen molar-refractivity contribution in [2.75, 3.05) is 0 Å². The van der Waals surface area contributed by atoms with Crippen molar-refractivity contribution >= 4 is 0 Å². The van der Waals surface area contributed by atoms with Crippen LogP contribution in [-0.4, -0.2) is 4.98 Å². The highest BCUT2D eigenvalue weighted by Crippen LogP contribution is 2.20. The van der Waals surface area contributed by atoms with Crippen molar-refractivity contribution in [3.63, 3.8) is 0 Å². The summed E-state index contributed by atoms with van der Waals surface area (Å²) < 4.78 is 0. The van der Waals surface area contributed by atoms with Gasteiger partial charge in [-0.15, -0.1) is 0 Å². The van der Waals surface area contributed by atoms with Gasteiger partial charge in [0, 0.05) is 18.4 Å². The molecule has 1 aromatic rings. The van der Waals surface area contributed by atoms with E-state index in [1.807, 2.05) is 12.3 Å². The van der Waals surface area contributed by atoms with Gasteiger partial charge in [0.2, 0.25) is 0 Å². The highest BCUT2D eigenvalue weighted by Gasteiger charge is 2.11.